The molecule has 0 aliphatic heterocycles. The van der Waals surface area contributed by atoms with Crippen LogP contribution in [0.4, 0.5) is 0 Å². The van der Waals surface area contributed by atoms with Gasteiger partial charge in [0.15, 0.2) is 0 Å². The van der Waals surface area contributed by atoms with Crippen molar-refractivity contribution in [2.24, 2.45) is 0 Å². The Hall–Kier alpha value is 1.15. The van der Waals surface area contributed by atoms with Crippen LogP contribution < -0.4 is 14.7 Å². The van der Waals surface area contributed by atoms with Gasteiger partial charge in [0.1, 0.15) is 0 Å². The van der Waals surface area contributed by atoms with Crippen molar-refractivity contribution in [1.29, 1.82) is 0 Å². The van der Waals surface area contributed by atoms with Crippen molar-refractivity contribution in [2.45, 2.75) is 0 Å². The zero-order chi connectivity index (χ0) is 4.50. The van der Waals surface area contributed by atoms with Gasteiger partial charge in [-0.1, -0.05) is 0 Å². The SMILES string of the molecule is O=P([O-])([O-])[O-].[H+].[Mn+2].[Mn+2]. The predicted octanol–water partition coefficient (Wildman–Crippen LogP) is -2.72. The van der Waals surface area contributed by atoms with E-state index in [0.717, 1.165) is 0 Å². The average Bonchev–Trinajstić information content (AvgIpc) is 0.722. The van der Waals surface area contributed by atoms with Gasteiger partial charge >= 0.3 is 35.6 Å². The van der Waals surface area contributed by atoms with Crippen molar-refractivity contribution in [3.63, 3.8) is 0 Å². The second-order valence-corrected chi connectivity index (χ2v) is 1.34. The van der Waals surface area contributed by atoms with Crippen LogP contribution in [0.1, 0.15) is 1.43 Å². The quantitative estimate of drug-likeness (QED) is 0.318. The summed E-state index contributed by atoms with van der Waals surface area (Å²) in [4.78, 5) is 25.6. The Bertz CT molecular complexity index is 60.2. The van der Waals surface area contributed by atoms with Gasteiger partial charge in [-0.05, 0) is 0 Å². The first-order valence-electron chi connectivity index (χ1n) is 0.730. The van der Waals surface area contributed by atoms with Crippen LogP contribution in [0.15, 0.2) is 0 Å². The Balaban J connectivity index is -0.0000000267. The molecular formula is HMn2O4P+2. The molecule has 42 valence electrons. The summed E-state index contributed by atoms with van der Waals surface area (Å²) >= 11 is 0. The van der Waals surface area contributed by atoms with E-state index in [4.69, 9.17) is 19.2 Å². The molecule has 0 rings (SSSR count). The van der Waals surface area contributed by atoms with E-state index in [1.807, 2.05) is 0 Å². The molecule has 0 aromatic carbocycles. The number of hydrogen-bond acceptors (Lipinski definition) is 4. The maximum absolute atomic E-state index is 8.55. The zero-order valence-corrected chi connectivity index (χ0v) is 6.09. The molecule has 0 unspecified atom stereocenters. The molecule has 0 fully saturated rings. The largest absolute Gasteiger partial charge is 2.00 e. The van der Waals surface area contributed by atoms with Crippen molar-refractivity contribution in [2.75, 3.05) is 0 Å². The van der Waals surface area contributed by atoms with E-state index in [2.05, 4.69) is 0 Å². The van der Waals surface area contributed by atoms with Gasteiger partial charge in [-0.3, -0.25) is 0 Å². The minimum atomic E-state index is -5.39. The van der Waals surface area contributed by atoms with Gasteiger partial charge in [0.05, 0.1) is 0 Å². The normalized spacial score (nSPS) is 8.43. The molecule has 0 aliphatic carbocycles. The van der Waals surface area contributed by atoms with Crippen molar-refractivity contribution in [1.82, 2.24) is 0 Å². The van der Waals surface area contributed by atoms with Crippen molar-refractivity contribution in [3.05, 3.63) is 0 Å². The van der Waals surface area contributed by atoms with Crippen LogP contribution in [0.3, 0.4) is 0 Å². The second-order valence-electron chi connectivity index (χ2n) is 0.447. The molecule has 4 nitrogen and oxygen atoms in total. The molecule has 2 radical (unpaired) electrons. The molecule has 0 saturated heterocycles. The molecule has 0 aromatic heterocycles. The smallest absolute Gasteiger partial charge is 0.822 e. The summed E-state index contributed by atoms with van der Waals surface area (Å²) in [6.45, 7) is 0. The first kappa shape index (κ1) is 15.7. The third kappa shape index (κ3) is 144. The molecule has 7 heteroatoms. The number of rotatable bonds is 0. The van der Waals surface area contributed by atoms with Crippen LogP contribution in [-0.2, 0) is 38.7 Å². The topological polar surface area (TPSA) is 86.2 Å². The molecule has 7 heavy (non-hydrogen) atoms. The summed E-state index contributed by atoms with van der Waals surface area (Å²) < 4.78 is 8.55. The first-order chi connectivity index (χ1) is 2.00. The van der Waals surface area contributed by atoms with Crippen LogP contribution in [0.5, 0.6) is 0 Å². The fraction of sp³-hybridized carbons (Fsp3) is 0. The standard InChI is InChI=1S/2Mn.H3O4P/c;;1-5(2,3)4/h;;(H3,1,2,3,4)/q2*+2;/p-2. The summed E-state index contributed by atoms with van der Waals surface area (Å²) in [6.07, 6.45) is 0. The van der Waals surface area contributed by atoms with Crippen LogP contribution in [-0.4, -0.2) is 0 Å². The summed E-state index contributed by atoms with van der Waals surface area (Å²) in [5, 5.41) is 0. The molecule has 0 amide bonds. The van der Waals surface area contributed by atoms with Crippen molar-refractivity contribution < 1.29 is 54.8 Å². The summed E-state index contributed by atoms with van der Waals surface area (Å²) in [5.74, 6) is 0. The fourth-order valence-electron chi connectivity index (χ4n) is 0. The summed E-state index contributed by atoms with van der Waals surface area (Å²) in [7, 11) is -5.39. The number of hydrogen-bond donors (Lipinski definition) is 0. The van der Waals surface area contributed by atoms with E-state index in [1.54, 1.807) is 0 Å². The molecule has 0 aliphatic rings. The third-order valence-corrected chi connectivity index (χ3v) is 0. The minimum absolute atomic E-state index is 0. The van der Waals surface area contributed by atoms with Gasteiger partial charge < -0.3 is 19.2 Å². The van der Waals surface area contributed by atoms with Crippen LogP contribution >= 0.6 is 7.82 Å². The average molecular weight is 206 g/mol. The van der Waals surface area contributed by atoms with Crippen molar-refractivity contribution >= 4 is 7.82 Å². The van der Waals surface area contributed by atoms with E-state index in [0.29, 0.717) is 0 Å². The Morgan fingerprint density at radius 2 is 1.14 bits per heavy atom. The minimum Gasteiger partial charge on any atom is -0.822 e. The van der Waals surface area contributed by atoms with Gasteiger partial charge in [-0.25, -0.2) is 0 Å². The first-order valence-corrected chi connectivity index (χ1v) is 2.19. The van der Waals surface area contributed by atoms with Gasteiger partial charge in [-0.2, -0.15) is 7.82 Å². The Kier molecular flexibility index (Phi) is 11.9. The molecule has 0 spiro atoms. The van der Waals surface area contributed by atoms with E-state index < -0.39 is 7.82 Å². The van der Waals surface area contributed by atoms with Gasteiger partial charge in [0.2, 0.25) is 0 Å². The van der Waals surface area contributed by atoms with E-state index >= 15 is 0 Å². The molecule has 0 atom stereocenters. The van der Waals surface area contributed by atoms with Crippen LogP contribution in [0.2, 0.25) is 0 Å². The van der Waals surface area contributed by atoms with Crippen LogP contribution in [0.25, 0.3) is 0 Å². The Labute approximate surface area is 63.0 Å². The monoisotopic (exact) mass is 206 g/mol. The molecule has 0 N–H and O–H groups in total. The number of phosphoric acid groups is 1. The summed E-state index contributed by atoms with van der Waals surface area (Å²) in [6, 6.07) is 0. The molecule has 0 heterocycles. The van der Waals surface area contributed by atoms with Gasteiger partial charge in [0.25, 0.3) is 0 Å². The van der Waals surface area contributed by atoms with E-state index in [-0.39, 0.29) is 35.6 Å². The van der Waals surface area contributed by atoms with E-state index in [1.165, 1.54) is 0 Å². The predicted molar refractivity (Wildman–Crippen MR) is 8.72 cm³/mol. The molecule has 0 saturated carbocycles. The van der Waals surface area contributed by atoms with Crippen molar-refractivity contribution in [3.8, 4) is 0 Å². The maximum atomic E-state index is 8.55. The van der Waals surface area contributed by atoms with Gasteiger partial charge in [-0.15, -0.1) is 0 Å². The third-order valence-electron chi connectivity index (χ3n) is 0. The Morgan fingerprint density at radius 1 is 1.14 bits per heavy atom. The Morgan fingerprint density at radius 3 is 1.14 bits per heavy atom. The zero-order valence-electron chi connectivity index (χ0n) is 3.84. The molecular weight excluding hydrogens is 205 g/mol. The van der Waals surface area contributed by atoms with Crippen LogP contribution in [0, 0.1) is 0 Å². The van der Waals surface area contributed by atoms with E-state index in [9.17, 15) is 0 Å². The molecule has 0 bridgehead atoms. The molecule has 0 aromatic rings. The second kappa shape index (κ2) is 5.29. The fourth-order valence-corrected chi connectivity index (χ4v) is 0. The maximum Gasteiger partial charge on any atom is 2.00 e. The van der Waals surface area contributed by atoms with Gasteiger partial charge in [0, 0.05) is 0 Å². The summed E-state index contributed by atoms with van der Waals surface area (Å²) in [5.41, 5.74) is 0.